The largest absolute Gasteiger partial charge is 0.479 e. The lowest BCUT2D eigenvalue weighted by atomic mass is 9.57. The van der Waals surface area contributed by atoms with Crippen molar-refractivity contribution in [3.05, 3.63) is 93.8 Å². The zero-order valence-electron chi connectivity index (χ0n) is 20.5. The second kappa shape index (κ2) is 9.10. The van der Waals surface area contributed by atoms with Crippen LogP contribution in [0.4, 0.5) is 5.95 Å². The molecule has 3 aromatic rings. The average molecular weight is 492 g/mol. The summed E-state index contributed by atoms with van der Waals surface area (Å²) in [6.45, 7) is 9.66. The molecule has 35 heavy (non-hydrogen) atoms. The molecule has 0 fully saturated rings. The maximum absolute atomic E-state index is 12.8. The van der Waals surface area contributed by atoms with Crippen LogP contribution in [-0.4, -0.2) is 32.7 Å². The summed E-state index contributed by atoms with van der Waals surface area (Å²) < 4.78 is 6.26. The lowest BCUT2D eigenvalue weighted by molar-refractivity contribution is -0.166. The summed E-state index contributed by atoms with van der Waals surface area (Å²) in [5.74, 6) is -1.38. The number of rotatable bonds is 5. The first-order chi connectivity index (χ1) is 16.4. The highest BCUT2D eigenvalue weighted by molar-refractivity contribution is 6.30. The van der Waals surface area contributed by atoms with E-state index in [1.165, 1.54) is 0 Å². The van der Waals surface area contributed by atoms with Crippen LogP contribution in [0.2, 0.25) is 5.02 Å². The van der Waals surface area contributed by atoms with Gasteiger partial charge in [0.15, 0.2) is 6.10 Å². The Morgan fingerprint density at radius 1 is 1.11 bits per heavy atom. The van der Waals surface area contributed by atoms with E-state index in [-0.39, 0.29) is 5.95 Å². The number of halogens is 1. The molecule has 0 saturated heterocycles. The predicted octanol–water partition coefficient (Wildman–Crippen LogP) is 5.74. The second-order valence-electron chi connectivity index (χ2n) is 10.1. The number of benzene rings is 2. The van der Waals surface area contributed by atoms with E-state index in [2.05, 4.69) is 29.0 Å². The smallest absolute Gasteiger partial charge is 0.333 e. The molecule has 2 aromatic carbocycles. The number of anilines is 1. The third-order valence-corrected chi connectivity index (χ3v) is 6.92. The van der Waals surface area contributed by atoms with Crippen LogP contribution in [0.1, 0.15) is 56.9 Å². The number of fused-ring (bicyclic) bond motifs is 1. The van der Waals surface area contributed by atoms with Crippen molar-refractivity contribution in [3.8, 4) is 0 Å². The van der Waals surface area contributed by atoms with Gasteiger partial charge in [-0.05, 0) is 62.1 Å². The van der Waals surface area contributed by atoms with Gasteiger partial charge >= 0.3 is 5.97 Å². The van der Waals surface area contributed by atoms with E-state index in [0.717, 1.165) is 33.4 Å². The average Bonchev–Trinajstić information content (AvgIpc) is 2.79. The Bertz CT molecular complexity index is 1280. The zero-order valence-corrected chi connectivity index (χ0v) is 21.3. The molecule has 6 nitrogen and oxygen atoms in total. The molecule has 0 radical (unpaired) electrons. The summed E-state index contributed by atoms with van der Waals surface area (Å²) in [5.41, 5.74) is 9.84. The number of carboxylic acid groups (broad SMARTS) is 1. The number of nitrogens with zero attached hydrogens (tertiary/aromatic N) is 2. The Labute approximate surface area is 210 Å². The normalized spacial score (nSPS) is 20.9. The van der Waals surface area contributed by atoms with Crippen LogP contribution in [0, 0.1) is 5.92 Å². The maximum Gasteiger partial charge on any atom is 0.333 e. The number of aliphatic carboxylic acids is 1. The fraction of sp³-hybridized carbons (Fsp3) is 0.321. The van der Waals surface area contributed by atoms with Crippen molar-refractivity contribution >= 4 is 29.1 Å². The van der Waals surface area contributed by atoms with Gasteiger partial charge in [0, 0.05) is 34.3 Å². The van der Waals surface area contributed by atoms with E-state index in [1.807, 2.05) is 64.1 Å². The number of nitrogen functional groups attached to an aromatic ring is 1. The summed E-state index contributed by atoms with van der Waals surface area (Å²) in [5, 5.41) is 11.1. The van der Waals surface area contributed by atoms with Gasteiger partial charge in [-0.1, -0.05) is 60.5 Å². The van der Waals surface area contributed by atoms with Gasteiger partial charge < -0.3 is 15.6 Å². The van der Waals surface area contributed by atoms with Crippen molar-refractivity contribution in [2.24, 2.45) is 5.92 Å². The number of carboxylic acids is 1. The van der Waals surface area contributed by atoms with Gasteiger partial charge in [-0.2, -0.15) is 0 Å². The van der Waals surface area contributed by atoms with Crippen LogP contribution in [0.15, 0.2) is 66.5 Å². The van der Waals surface area contributed by atoms with E-state index in [1.54, 1.807) is 12.4 Å². The molecule has 0 spiro atoms. The molecular weight excluding hydrogens is 462 g/mol. The molecule has 1 aromatic heterocycles. The fourth-order valence-corrected chi connectivity index (χ4v) is 5.40. The van der Waals surface area contributed by atoms with Crippen LogP contribution >= 0.6 is 11.6 Å². The van der Waals surface area contributed by atoms with Crippen LogP contribution in [0.3, 0.4) is 0 Å². The number of nitrogens with two attached hydrogens (primary N) is 1. The molecule has 0 bridgehead atoms. The number of hydrogen-bond donors (Lipinski definition) is 2. The third-order valence-electron chi connectivity index (χ3n) is 6.67. The lowest BCUT2D eigenvalue weighted by Gasteiger charge is -2.48. The summed E-state index contributed by atoms with van der Waals surface area (Å²) in [6.07, 6.45) is 2.24. The van der Waals surface area contributed by atoms with Gasteiger partial charge in [0.2, 0.25) is 5.95 Å². The van der Waals surface area contributed by atoms with E-state index in [0.29, 0.717) is 5.02 Å². The van der Waals surface area contributed by atoms with Gasteiger partial charge in [-0.25, -0.2) is 14.8 Å². The Hall–Kier alpha value is -3.22. The van der Waals surface area contributed by atoms with Crippen LogP contribution in [0.5, 0.6) is 0 Å². The molecule has 3 N–H and O–H groups in total. The molecule has 1 aliphatic carbocycles. The van der Waals surface area contributed by atoms with Crippen molar-refractivity contribution in [1.29, 1.82) is 0 Å². The van der Waals surface area contributed by atoms with E-state index < -0.39 is 29.0 Å². The molecule has 0 saturated carbocycles. The van der Waals surface area contributed by atoms with Crippen molar-refractivity contribution in [2.45, 2.75) is 51.7 Å². The molecule has 182 valence electrons. The van der Waals surface area contributed by atoms with Gasteiger partial charge in [0.05, 0.1) is 5.60 Å². The first kappa shape index (κ1) is 24.9. The van der Waals surface area contributed by atoms with E-state index >= 15 is 0 Å². The quantitative estimate of drug-likeness (QED) is 0.472. The van der Waals surface area contributed by atoms with Crippen molar-refractivity contribution in [2.75, 3.05) is 5.73 Å². The molecule has 0 amide bonds. The third kappa shape index (κ3) is 4.56. The second-order valence-corrected chi connectivity index (χ2v) is 10.5. The highest BCUT2D eigenvalue weighted by Gasteiger charge is 2.51. The van der Waals surface area contributed by atoms with Crippen LogP contribution in [0.25, 0.3) is 5.57 Å². The molecule has 3 unspecified atom stereocenters. The Morgan fingerprint density at radius 2 is 1.71 bits per heavy atom. The topological polar surface area (TPSA) is 98.3 Å². The van der Waals surface area contributed by atoms with Crippen molar-refractivity contribution in [3.63, 3.8) is 0 Å². The summed E-state index contributed by atoms with van der Waals surface area (Å²) in [4.78, 5) is 21.2. The Balaban J connectivity index is 2.08. The monoisotopic (exact) mass is 491 g/mol. The number of hydrogen-bond acceptors (Lipinski definition) is 5. The maximum atomic E-state index is 12.8. The molecular formula is C28H30ClN3O3. The molecule has 1 aliphatic rings. The van der Waals surface area contributed by atoms with Gasteiger partial charge in [0.1, 0.15) is 0 Å². The van der Waals surface area contributed by atoms with Gasteiger partial charge in [-0.3, -0.25) is 0 Å². The number of ether oxygens (including phenoxy) is 1. The fourth-order valence-electron chi connectivity index (χ4n) is 5.28. The number of carbonyl (C=O) groups is 1. The van der Waals surface area contributed by atoms with Crippen LogP contribution < -0.4 is 5.73 Å². The molecule has 0 aliphatic heterocycles. The summed E-state index contributed by atoms with van der Waals surface area (Å²) >= 11 is 6.23. The number of aromatic nitrogens is 2. The minimum atomic E-state index is -1.12. The first-order valence-electron chi connectivity index (χ1n) is 11.5. The highest BCUT2D eigenvalue weighted by atomic mass is 35.5. The van der Waals surface area contributed by atoms with Gasteiger partial charge in [0.25, 0.3) is 0 Å². The summed E-state index contributed by atoms with van der Waals surface area (Å²) in [7, 11) is 0. The Kier molecular flexibility index (Phi) is 6.47. The minimum absolute atomic E-state index is 0.179. The SMILES string of the molecule is CC1=C(c2cnc(N)nc2)c2ccccc2C(C)(c2ccc(Cl)cc2)C1C(OC(C)(C)C)C(=O)O. The van der Waals surface area contributed by atoms with Crippen molar-refractivity contribution in [1.82, 2.24) is 9.97 Å². The van der Waals surface area contributed by atoms with Crippen LogP contribution in [-0.2, 0) is 14.9 Å². The molecule has 7 heteroatoms. The molecule has 3 atom stereocenters. The highest BCUT2D eigenvalue weighted by Crippen LogP contribution is 2.53. The van der Waals surface area contributed by atoms with Gasteiger partial charge in [-0.15, -0.1) is 0 Å². The minimum Gasteiger partial charge on any atom is -0.479 e. The summed E-state index contributed by atoms with van der Waals surface area (Å²) in [6, 6.07) is 15.7. The molecule has 4 rings (SSSR count). The predicted molar refractivity (Wildman–Crippen MR) is 138 cm³/mol. The first-order valence-corrected chi connectivity index (χ1v) is 11.9. The lowest BCUT2D eigenvalue weighted by Crippen LogP contribution is -2.50. The Morgan fingerprint density at radius 3 is 2.29 bits per heavy atom. The van der Waals surface area contributed by atoms with E-state index in [9.17, 15) is 9.90 Å². The molecule has 1 heterocycles. The standard InChI is InChI=1S/C28H30ClN3O3/c1-16-22(17-14-31-26(30)32-15-17)20-8-6-7-9-21(20)28(5,18-10-12-19(29)13-11-18)23(16)24(25(33)34)35-27(2,3)4/h6-15,23-24H,1-5H3,(H,33,34)(H2,30,31,32). The van der Waals surface area contributed by atoms with E-state index in [4.69, 9.17) is 22.1 Å². The zero-order chi connectivity index (χ0) is 25.5. The van der Waals surface area contributed by atoms with Crippen molar-refractivity contribution < 1.29 is 14.6 Å².